The smallest absolute Gasteiger partial charge is 0.0107 e. The summed E-state index contributed by atoms with van der Waals surface area (Å²) >= 11 is 1.98. The molecule has 0 aromatic heterocycles. The highest BCUT2D eigenvalue weighted by atomic mass is 32.2. The van der Waals surface area contributed by atoms with Gasteiger partial charge in [0.05, 0.1) is 0 Å². The van der Waals surface area contributed by atoms with Gasteiger partial charge in [-0.25, -0.2) is 0 Å². The zero-order valence-corrected chi connectivity index (χ0v) is 7.23. The Morgan fingerprint density at radius 2 is 2.09 bits per heavy atom. The van der Waals surface area contributed by atoms with E-state index in [9.17, 15) is 0 Å². The van der Waals surface area contributed by atoms with E-state index in [1.807, 2.05) is 11.8 Å². The van der Waals surface area contributed by atoms with Crippen LogP contribution in [-0.2, 0) is 0 Å². The molecule has 0 saturated carbocycles. The quantitative estimate of drug-likeness (QED) is 0.566. The molecule has 0 amide bonds. The second-order valence-electron chi connectivity index (χ2n) is 2.73. The lowest BCUT2D eigenvalue weighted by molar-refractivity contribution is 0.931. The third-order valence-electron chi connectivity index (χ3n) is 1.89. The van der Waals surface area contributed by atoms with E-state index in [-0.39, 0.29) is 0 Å². The van der Waals surface area contributed by atoms with Gasteiger partial charge in [0.25, 0.3) is 0 Å². The average molecular weight is 163 g/mol. The minimum absolute atomic E-state index is 1.24. The minimum atomic E-state index is 1.24. The Morgan fingerprint density at radius 1 is 1.18 bits per heavy atom. The van der Waals surface area contributed by atoms with Gasteiger partial charge in [0.15, 0.2) is 0 Å². The van der Waals surface area contributed by atoms with Gasteiger partial charge in [-0.05, 0) is 36.6 Å². The van der Waals surface area contributed by atoms with Crippen molar-refractivity contribution in [3.05, 3.63) is 36.2 Å². The molecule has 1 heterocycles. The first-order chi connectivity index (χ1) is 5.47. The summed E-state index contributed by atoms with van der Waals surface area (Å²) in [5.74, 6) is 1.27. The molecule has 0 spiro atoms. The van der Waals surface area contributed by atoms with Crippen LogP contribution in [0.3, 0.4) is 0 Å². The maximum atomic E-state index is 2.34. The van der Waals surface area contributed by atoms with Gasteiger partial charge >= 0.3 is 0 Å². The van der Waals surface area contributed by atoms with Crippen molar-refractivity contribution in [3.8, 4) is 0 Å². The summed E-state index contributed by atoms with van der Waals surface area (Å²) in [5, 5.41) is 0. The molecule has 0 N–H and O–H groups in total. The first-order valence-corrected chi connectivity index (χ1v) is 5.00. The van der Waals surface area contributed by atoms with E-state index < -0.39 is 0 Å². The number of fused-ring (bicyclic) bond motifs is 1. The van der Waals surface area contributed by atoms with Crippen molar-refractivity contribution >= 4 is 11.8 Å². The fraction of sp³-hybridized carbons (Fsp3) is 0.300. The average Bonchev–Trinajstić information content (AvgIpc) is 2.28. The summed E-state index contributed by atoms with van der Waals surface area (Å²) in [7, 11) is 0. The first-order valence-electron chi connectivity index (χ1n) is 4.02. The zero-order valence-electron chi connectivity index (χ0n) is 6.42. The van der Waals surface area contributed by atoms with E-state index in [4.69, 9.17) is 0 Å². The normalized spacial score (nSPS) is 17.1. The van der Waals surface area contributed by atoms with Crippen LogP contribution in [0.25, 0.3) is 0 Å². The lowest BCUT2D eigenvalue weighted by Gasteiger charge is -2.01. The number of benzene rings is 1. The molecular weight excluding hydrogens is 152 g/mol. The van der Waals surface area contributed by atoms with Gasteiger partial charge in [-0.1, -0.05) is 18.2 Å². The summed E-state index contributed by atoms with van der Waals surface area (Å²) in [6, 6.07) is 8.64. The van der Waals surface area contributed by atoms with Crippen molar-refractivity contribution < 1.29 is 0 Å². The lowest BCUT2D eigenvalue weighted by atomic mass is 10.1. The van der Waals surface area contributed by atoms with Gasteiger partial charge in [-0.2, -0.15) is 0 Å². The van der Waals surface area contributed by atoms with Crippen LogP contribution in [0.15, 0.2) is 29.2 Å². The summed E-state index contributed by atoms with van der Waals surface area (Å²) in [5.41, 5.74) is 1.43. The molecule has 0 aliphatic carbocycles. The summed E-state index contributed by atoms with van der Waals surface area (Å²) in [6.45, 7) is 0. The maximum Gasteiger partial charge on any atom is 0.0107 e. The molecule has 1 heteroatoms. The van der Waals surface area contributed by atoms with E-state index >= 15 is 0 Å². The molecule has 0 saturated heterocycles. The number of thioether (sulfide) groups is 1. The van der Waals surface area contributed by atoms with Gasteiger partial charge < -0.3 is 0 Å². The largest absolute Gasteiger partial charge is 0.126 e. The van der Waals surface area contributed by atoms with Crippen LogP contribution in [0.5, 0.6) is 0 Å². The van der Waals surface area contributed by atoms with Crippen LogP contribution in [0.4, 0.5) is 0 Å². The van der Waals surface area contributed by atoms with Gasteiger partial charge in [-0.15, -0.1) is 11.8 Å². The highest BCUT2D eigenvalue weighted by molar-refractivity contribution is 7.99. The molecule has 0 nitrogen and oxygen atoms in total. The predicted octanol–water partition coefficient (Wildman–Crippen LogP) is 3.12. The molecule has 1 radical (unpaired) electrons. The highest BCUT2D eigenvalue weighted by Crippen LogP contribution is 2.29. The Kier molecular flexibility index (Phi) is 2.18. The molecule has 2 rings (SSSR count). The molecule has 1 aromatic carbocycles. The molecule has 0 atom stereocenters. The van der Waals surface area contributed by atoms with Crippen molar-refractivity contribution in [1.82, 2.24) is 0 Å². The minimum Gasteiger partial charge on any atom is -0.126 e. The summed E-state index contributed by atoms with van der Waals surface area (Å²) in [6.07, 6.45) is 4.90. The second kappa shape index (κ2) is 3.31. The standard InChI is InChI=1S/C10H11S/c1-2-7-10-9(5-1)6-3-4-8-11-10/h1-2,5-7H,3-4,8H2. The number of hydrogen-bond donors (Lipinski definition) is 0. The van der Waals surface area contributed by atoms with Gasteiger partial charge in [-0.3, -0.25) is 0 Å². The third-order valence-corrected chi connectivity index (χ3v) is 3.06. The Labute approximate surface area is 72.0 Å². The number of rotatable bonds is 0. The Bertz CT molecular complexity index is 217. The summed E-state index contributed by atoms with van der Waals surface area (Å²) in [4.78, 5) is 1.45. The molecule has 1 aromatic rings. The molecule has 1 aliphatic heterocycles. The van der Waals surface area contributed by atoms with Gasteiger partial charge in [0.1, 0.15) is 0 Å². The van der Waals surface area contributed by atoms with E-state index in [0.29, 0.717) is 0 Å². The Hall–Kier alpha value is -0.430. The molecule has 0 bridgehead atoms. The topological polar surface area (TPSA) is 0 Å². The Morgan fingerprint density at radius 3 is 3.09 bits per heavy atom. The van der Waals surface area contributed by atoms with Crippen molar-refractivity contribution in [2.45, 2.75) is 17.7 Å². The lowest BCUT2D eigenvalue weighted by Crippen LogP contribution is -1.80. The van der Waals surface area contributed by atoms with Crippen molar-refractivity contribution in [2.75, 3.05) is 5.75 Å². The van der Waals surface area contributed by atoms with Crippen LogP contribution in [-0.4, -0.2) is 5.75 Å². The molecule has 0 fully saturated rings. The van der Waals surface area contributed by atoms with Crippen molar-refractivity contribution in [1.29, 1.82) is 0 Å². The van der Waals surface area contributed by atoms with Crippen LogP contribution in [0.1, 0.15) is 18.4 Å². The Balaban J connectivity index is 2.33. The van der Waals surface area contributed by atoms with Gasteiger partial charge in [0, 0.05) is 4.90 Å². The maximum absolute atomic E-state index is 2.34. The fourth-order valence-corrected chi connectivity index (χ4v) is 2.33. The third kappa shape index (κ3) is 1.59. The zero-order chi connectivity index (χ0) is 7.52. The SMILES string of the molecule is [CH]1CCCSc2ccccc21. The van der Waals surface area contributed by atoms with E-state index in [1.165, 1.54) is 29.1 Å². The molecule has 1 aliphatic rings. The highest BCUT2D eigenvalue weighted by Gasteiger charge is 2.06. The van der Waals surface area contributed by atoms with Crippen molar-refractivity contribution in [3.63, 3.8) is 0 Å². The van der Waals surface area contributed by atoms with Crippen LogP contribution < -0.4 is 0 Å². The fourth-order valence-electron chi connectivity index (χ4n) is 1.30. The monoisotopic (exact) mass is 163 g/mol. The van der Waals surface area contributed by atoms with Crippen molar-refractivity contribution in [2.24, 2.45) is 0 Å². The van der Waals surface area contributed by atoms with Crippen LogP contribution >= 0.6 is 11.8 Å². The van der Waals surface area contributed by atoms with Crippen LogP contribution in [0, 0.1) is 6.42 Å². The van der Waals surface area contributed by atoms with E-state index in [0.717, 1.165) is 0 Å². The van der Waals surface area contributed by atoms with Crippen LogP contribution in [0.2, 0.25) is 0 Å². The number of hydrogen-bond acceptors (Lipinski definition) is 1. The van der Waals surface area contributed by atoms with E-state index in [1.54, 1.807) is 0 Å². The molecule has 11 heavy (non-hydrogen) atoms. The molecule has 0 unspecified atom stereocenters. The van der Waals surface area contributed by atoms with E-state index in [2.05, 4.69) is 30.7 Å². The molecule has 57 valence electrons. The molecular formula is C10H11S. The first kappa shape index (κ1) is 7.23. The predicted molar refractivity (Wildman–Crippen MR) is 49.8 cm³/mol. The summed E-state index contributed by atoms with van der Waals surface area (Å²) < 4.78 is 0. The van der Waals surface area contributed by atoms with Gasteiger partial charge in [0.2, 0.25) is 0 Å². The second-order valence-corrected chi connectivity index (χ2v) is 3.87.